The zero-order valence-corrected chi connectivity index (χ0v) is 18.4. The van der Waals surface area contributed by atoms with Gasteiger partial charge in [0.05, 0.1) is 11.1 Å². The second-order valence-corrected chi connectivity index (χ2v) is 8.91. The highest BCUT2D eigenvalue weighted by Gasteiger charge is 2.35. The molecule has 32 heavy (non-hydrogen) atoms. The summed E-state index contributed by atoms with van der Waals surface area (Å²) in [6.45, 7) is 8.42. The van der Waals surface area contributed by atoms with Crippen molar-refractivity contribution in [3.8, 4) is 0 Å². The Balaban J connectivity index is 1.76. The van der Waals surface area contributed by atoms with Crippen LogP contribution >= 0.6 is 0 Å². The third-order valence-corrected chi connectivity index (χ3v) is 4.77. The first-order valence-corrected chi connectivity index (χ1v) is 10.3. The van der Waals surface area contributed by atoms with Gasteiger partial charge in [-0.2, -0.15) is 13.2 Å². The van der Waals surface area contributed by atoms with Crippen LogP contribution < -0.4 is 10.6 Å². The molecule has 0 saturated carbocycles. The molecule has 1 amide bonds. The van der Waals surface area contributed by atoms with E-state index in [2.05, 4.69) is 25.8 Å². The summed E-state index contributed by atoms with van der Waals surface area (Å²) in [6.07, 6.45) is -3.02. The summed E-state index contributed by atoms with van der Waals surface area (Å²) in [5.41, 5.74) is -1.47. The monoisotopic (exact) mass is 454 g/mol. The quantitative estimate of drug-likeness (QED) is 0.406. The van der Waals surface area contributed by atoms with Crippen molar-refractivity contribution in [3.05, 3.63) is 29.3 Å². The minimum atomic E-state index is -4.77. The zero-order valence-electron chi connectivity index (χ0n) is 18.4. The van der Waals surface area contributed by atoms with Crippen molar-refractivity contribution in [2.45, 2.75) is 53.1 Å². The van der Waals surface area contributed by atoms with Crippen LogP contribution in [-0.2, 0) is 11.0 Å². The molecule has 0 unspecified atom stereocenters. The van der Waals surface area contributed by atoms with E-state index in [9.17, 15) is 22.4 Å². The molecule has 0 fully saturated rings. The number of fused-ring (bicyclic) bond motifs is 3. The molecular weight excluding hydrogens is 428 g/mol. The molecule has 0 aliphatic carbocycles. The van der Waals surface area contributed by atoms with E-state index in [-0.39, 0.29) is 33.8 Å². The van der Waals surface area contributed by atoms with Crippen molar-refractivity contribution in [1.29, 1.82) is 0 Å². The smallest absolute Gasteiger partial charge is 0.367 e. The maximum Gasteiger partial charge on any atom is 0.418 e. The van der Waals surface area contributed by atoms with Crippen LogP contribution in [-0.4, -0.2) is 38.6 Å². The second kappa shape index (κ2) is 8.87. The molecule has 0 aliphatic heterocycles. The largest absolute Gasteiger partial charge is 0.418 e. The van der Waals surface area contributed by atoms with Gasteiger partial charge in [-0.25, -0.2) is 9.37 Å². The fourth-order valence-electron chi connectivity index (χ4n) is 3.40. The van der Waals surface area contributed by atoms with Crippen molar-refractivity contribution in [1.82, 2.24) is 24.9 Å². The molecule has 0 radical (unpaired) electrons. The molecule has 11 heteroatoms. The standard InChI is InChI=1S/C21H26F4N6O/c1-12-29-30-19-18(27-8-6-5-7-26-16(32)11-20(2,3)4)28-17-14(21(23,24)25)9-13(22)10-15(17)31(12)19/h9-10H,5-8,11H2,1-4H3,(H,26,32)(H,27,28). The number of aryl methyl sites for hydroxylation is 1. The number of rotatable bonds is 7. The molecule has 0 spiro atoms. The number of benzene rings is 1. The van der Waals surface area contributed by atoms with Crippen LogP contribution in [0.15, 0.2) is 12.1 Å². The minimum absolute atomic E-state index is 0.0192. The Kier molecular flexibility index (Phi) is 6.56. The Bertz CT molecular complexity index is 1130. The van der Waals surface area contributed by atoms with Gasteiger partial charge in [0.1, 0.15) is 17.2 Å². The number of carbonyl (C=O) groups excluding carboxylic acids is 1. The van der Waals surface area contributed by atoms with E-state index >= 15 is 0 Å². The summed E-state index contributed by atoms with van der Waals surface area (Å²) in [4.78, 5) is 16.0. The molecule has 2 N–H and O–H groups in total. The number of nitrogens with zero attached hydrogens (tertiary/aromatic N) is 4. The Labute approximate surface area is 182 Å². The maximum absolute atomic E-state index is 13.9. The summed E-state index contributed by atoms with van der Waals surface area (Å²) in [6, 6.07) is 1.43. The molecule has 0 bridgehead atoms. The van der Waals surface area contributed by atoms with Crippen LogP contribution in [0.1, 0.15) is 51.4 Å². The lowest BCUT2D eigenvalue weighted by atomic mass is 9.92. The molecule has 0 saturated heterocycles. The first-order chi connectivity index (χ1) is 14.9. The number of halogens is 4. The van der Waals surface area contributed by atoms with Gasteiger partial charge in [0.15, 0.2) is 5.82 Å². The van der Waals surface area contributed by atoms with E-state index in [4.69, 9.17) is 0 Å². The van der Waals surface area contributed by atoms with Gasteiger partial charge in [-0.15, -0.1) is 10.2 Å². The summed E-state index contributed by atoms with van der Waals surface area (Å²) in [5, 5.41) is 13.8. The molecule has 7 nitrogen and oxygen atoms in total. The first-order valence-electron chi connectivity index (χ1n) is 10.3. The number of alkyl halides is 3. The Morgan fingerprint density at radius 3 is 2.44 bits per heavy atom. The third kappa shape index (κ3) is 5.43. The lowest BCUT2D eigenvalue weighted by Gasteiger charge is -2.17. The van der Waals surface area contributed by atoms with E-state index in [0.717, 1.165) is 6.07 Å². The molecule has 0 aliphatic rings. The average Bonchev–Trinajstić information content (AvgIpc) is 3.04. The minimum Gasteiger partial charge on any atom is -0.367 e. The Morgan fingerprint density at radius 1 is 1.09 bits per heavy atom. The number of unbranched alkanes of at least 4 members (excludes halogenated alkanes) is 1. The predicted octanol–water partition coefficient (Wildman–Crippen LogP) is 4.49. The maximum atomic E-state index is 13.9. The van der Waals surface area contributed by atoms with Crippen LogP contribution in [0, 0.1) is 18.2 Å². The van der Waals surface area contributed by atoms with Crippen LogP contribution in [0.3, 0.4) is 0 Å². The molecular formula is C21H26F4N6O. The van der Waals surface area contributed by atoms with Crippen LogP contribution in [0.5, 0.6) is 0 Å². The molecule has 2 heterocycles. The SMILES string of the molecule is Cc1nnc2c(NCCCCNC(=O)CC(C)(C)C)nc3c(C(F)(F)F)cc(F)cc3n12. The van der Waals surface area contributed by atoms with Crippen LogP contribution in [0.2, 0.25) is 0 Å². The molecule has 174 valence electrons. The number of anilines is 1. The summed E-state index contributed by atoms with van der Waals surface area (Å²) in [5.74, 6) is -0.591. The van der Waals surface area contributed by atoms with Crippen molar-refractivity contribution in [2.24, 2.45) is 5.41 Å². The molecule has 1 aromatic carbocycles. The van der Waals surface area contributed by atoms with Gasteiger partial charge in [-0.3, -0.25) is 9.20 Å². The summed E-state index contributed by atoms with van der Waals surface area (Å²) in [7, 11) is 0. The lowest BCUT2D eigenvalue weighted by Crippen LogP contribution is -2.28. The predicted molar refractivity (Wildman–Crippen MR) is 113 cm³/mol. The van der Waals surface area contributed by atoms with Crippen molar-refractivity contribution in [2.75, 3.05) is 18.4 Å². The van der Waals surface area contributed by atoms with Crippen LogP contribution in [0.25, 0.3) is 16.7 Å². The second-order valence-electron chi connectivity index (χ2n) is 8.91. The van der Waals surface area contributed by atoms with Crippen molar-refractivity contribution in [3.63, 3.8) is 0 Å². The zero-order chi connectivity index (χ0) is 23.7. The number of aromatic nitrogens is 4. The number of nitrogens with one attached hydrogen (secondary N) is 2. The van der Waals surface area contributed by atoms with E-state index in [1.807, 2.05) is 20.8 Å². The number of hydrogen-bond donors (Lipinski definition) is 2. The fourth-order valence-corrected chi connectivity index (χ4v) is 3.40. The van der Waals surface area contributed by atoms with Gasteiger partial charge in [-0.1, -0.05) is 20.8 Å². The van der Waals surface area contributed by atoms with Gasteiger partial charge < -0.3 is 10.6 Å². The molecule has 2 aromatic heterocycles. The third-order valence-electron chi connectivity index (χ3n) is 4.77. The summed E-state index contributed by atoms with van der Waals surface area (Å²) < 4.78 is 55.8. The summed E-state index contributed by atoms with van der Waals surface area (Å²) >= 11 is 0. The number of carbonyl (C=O) groups is 1. The van der Waals surface area contributed by atoms with Gasteiger partial charge in [0, 0.05) is 25.6 Å². The molecule has 0 atom stereocenters. The highest BCUT2D eigenvalue weighted by atomic mass is 19.4. The average molecular weight is 454 g/mol. The van der Waals surface area contributed by atoms with E-state index in [0.29, 0.717) is 44.2 Å². The van der Waals surface area contributed by atoms with Crippen molar-refractivity contribution < 1.29 is 22.4 Å². The molecule has 3 aromatic rings. The highest BCUT2D eigenvalue weighted by molar-refractivity contribution is 5.86. The van der Waals surface area contributed by atoms with Gasteiger partial charge in [0.2, 0.25) is 11.6 Å². The van der Waals surface area contributed by atoms with Crippen LogP contribution in [0.4, 0.5) is 23.4 Å². The van der Waals surface area contributed by atoms with E-state index in [1.165, 1.54) is 4.40 Å². The lowest BCUT2D eigenvalue weighted by molar-refractivity contribution is -0.136. The Hall–Kier alpha value is -2.98. The van der Waals surface area contributed by atoms with Gasteiger partial charge >= 0.3 is 6.18 Å². The van der Waals surface area contributed by atoms with E-state index in [1.54, 1.807) is 6.92 Å². The first kappa shape index (κ1) is 23.7. The Morgan fingerprint density at radius 2 is 1.78 bits per heavy atom. The van der Waals surface area contributed by atoms with Gasteiger partial charge in [0.25, 0.3) is 0 Å². The van der Waals surface area contributed by atoms with E-state index < -0.39 is 17.6 Å². The normalized spacial score (nSPS) is 12.5. The van der Waals surface area contributed by atoms with Gasteiger partial charge in [-0.05, 0) is 31.2 Å². The number of hydrogen-bond acceptors (Lipinski definition) is 5. The van der Waals surface area contributed by atoms with Crippen molar-refractivity contribution >= 4 is 28.4 Å². The topological polar surface area (TPSA) is 84.2 Å². The fraction of sp³-hybridized carbons (Fsp3) is 0.524. The molecule has 3 rings (SSSR count). The highest BCUT2D eigenvalue weighted by Crippen LogP contribution is 2.36. The number of amides is 1.